The van der Waals surface area contributed by atoms with Crippen molar-refractivity contribution in [3.05, 3.63) is 12.2 Å². The van der Waals surface area contributed by atoms with E-state index < -0.39 is 72.7 Å². The van der Waals surface area contributed by atoms with Crippen molar-refractivity contribution >= 4 is 0 Å². The van der Waals surface area contributed by atoms with E-state index in [0.717, 1.165) is 19.3 Å². The van der Waals surface area contributed by atoms with Crippen LogP contribution in [0.2, 0.25) is 0 Å². The summed E-state index contributed by atoms with van der Waals surface area (Å²) in [7, 11) is 0. The third kappa shape index (κ3) is 5.46. The van der Waals surface area contributed by atoms with Crippen LogP contribution in [-0.2, 0) is 9.47 Å². The van der Waals surface area contributed by atoms with E-state index in [1.165, 1.54) is 0 Å². The van der Waals surface area contributed by atoms with Gasteiger partial charge in [0.15, 0.2) is 6.29 Å². The van der Waals surface area contributed by atoms with Crippen molar-refractivity contribution in [1.29, 1.82) is 0 Å². The Balaban J connectivity index is 1.53. The van der Waals surface area contributed by atoms with E-state index in [2.05, 4.69) is 41.2 Å². The van der Waals surface area contributed by atoms with E-state index in [1.807, 2.05) is 6.92 Å². The van der Waals surface area contributed by atoms with Crippen molar-refractivity contribution in [3.63, 3.8) is 0 Å². The summed E-state index contributed by atoms with van der Waals surface area (Å²) in [5, 5.41) is 87.6. The summed E-state index contributed by atoms with van der Waals surface area (Å²) in [5.74, 6) is -0.481. The van der Waals surface area contributed by atoms with Gasteiger partial charge in [0.2, 0.25) is 0 Å². The molecule has 0 radical (unpaired) electrons. The average Bonchev–Trinajstić information content (AvgIpc) is 3.36. The molecule has 0 bridgehead atoms. The van der Waals surface area contributed by atoms with Crippen molar-refractivity contribution in [1.82, 2.24) is 0 Å². The van der Waals surface area contributed by atoms with E-state index in [-0.39, 0.29) is 39.9 Å². The molecule has 0 spiro atoms. The van der Waals surface area contributed by atoms with Crippen LogP contribution in [0.5, 0.6) is 0 Å². The molecule has 10 nitrogen and oxygen atoms in total. The molecule has 5 aliphatic rings. The zero-order valence-corrected chi connectivity index (χ0v) is 29.0. The predicted molar refractivity (Wildman–Crippen MR) is 171 cm³/mol. The highest BCUT2D eigenvalue weighted by Crippen LogP contribution is 2.76. The van der Waals surface area contributed by atoms with Gasteiger partial charge >= 0.3 is 0 Å². The number of rotatable bonds is 8. The molecule has 1 saturated heterocycles. The Morgan fingerprint density at radius 2 is 1.63 bits per heavy atom. The molecule has 266 valence electrons. The van der Waals surface area contributed by atoms with Gasteiger partial charge in [-0.2, -0.15) is 0 Å². The van der Waals surface area contributed by atoms with E-state index in [9.17, 15) is 40.9 Å². The van der Waals surface area contributed by atoms with Gasteiger partial charge in [-0.1, -0.05) is 46.8 Å². The fraction of sp³-hybridized carbons (Fsp3) is 0.944. The lowest BCUT2D eigenvalue weighted by atomic mass is 9.34. The van der Waals surface area contributed by atoms with Gasteiger partial charge in [0.25, 0.3) is 0 Å². The smallest absolute Gasteiger partial charge is 0.186 e. The Labute approximate surface area is 274 Å². The van der Waals surface area contributed by atoms with Gasteiger partial charge in [0.1, 0.15) is 24.4 Å². The van der Waals surface area contributed by atoms with E-state index in [1.54, 1.807) is 6.92 Å². The molecule has 17 unspecified atom stereocenters. The van der Waals surface area contributed by atoms with E-state index in [4.69, 9.17) is 9.47 Å². The SMILES string of the molecule is C=C(C)C(O)CCC(C)(O)C1CCC2(C)C1C(O)CC1C3(C)CCC(O)C(C)(C)C3C(OC3OC(CO)C(O)C(O)C3O)CC12C. The summed E-state index contributed by atoms with van der Waals surface area (Å²) in [6, 6.07) is 0. The summed E-state index contributed by atoms with van der Waals surface area (Å²) in [6.45, 7) is 17.8. The fourth-order valence-corrected chi connectivity index (χ4v) is 11.9. The molecule has 0 aromatic carbocycles. The van der Waals surface area contributed by atoms with Crippen LogP contribution in [0.3, 0.4) is 0 Å². The van der Waals surface area contributed by atoms with Gasteiger partial charge in [-0.3, -0.25) is 0 Å². The Bertz CT molecular complexity index is 1130. The third-order valence-electron chi connectivity index (χ3n) is 14.7. The standard InChI is InChI=1S/C36H62O10/c1-18(2)20(38)10-14-36(8,44)19-9-13-34(6)26(19)21(39)15-24-33(5)12-11-25(40)32(3,4)30(33)22(16-35(24,34)7)45-31-29(43)28(42)27(41)23(17-37)46-31/h19-31,37-44H,1,9-17H2,2-8H3. The Morgan fingerprint density at radius 3 is 2.24 bits per heavy atom. The van der Waals surface area contributed by atoms with Crippen LogP contribution in [0.15, 0.2) is 12.2 Å². The second-order valence-electron chi connectivity index (χ2n) is 17.6. The highest BCUT2D eigenvalue weighted by Gasteiger charge is 2.73. The first-order valence-electron chi connectivity index (χ1n) is 17.6. The minimum atomic E-state index is -1.56. The minimum Gasteiger partial charge on any atom is -0.394 e. The lowest BCUT2D eigenvalue weighted by Gasteiger charge is -2.72. The van der Waals surface area contributed by atoms with Gasteiger partial charge in [-0.05, 0) is 111 Å². The average molecular weight is 655 g/mol. The lowest BCUT2D eigenvalue weighted by molar-refractivity contribution is -0.346. The molecule has 1 aliphatic heterocycles. The maximum Gasteiger partial charge on any atom is 0.186 e. The zero-order valence-electron chi connectivity index (χ0n) is 29.0. The van der Waals surface area contributed by atoms with Crippen LogP contribution in [0, 0.1) is 45.3 Å². The largest absolute Gasteiger partial charge is 0.394 e. The predicted octanol–water partition coefficient (Wildman–Crippen LogP) is 2.27. The van der Waals surface area contributed by atoms with Crippen LogP contribution < -0.4 is 0 Å². The fourth-order valence-electron chi connectivity index (χ4n) is 11.9. The topological polar surface area (TPSA) is 180 Å². The van der Waals surface area contributed by atoms with Gasteiger partial charge < -0.3 is 50.3 Å². The molecule has 0 aromatic rings. The highest BCUT2D eigenvalue weighted by atomic mass is 16.7. The van der Waals surface area contributed by atoms with Crippen molar-refractivity contribution < 1.29 is 50.3 Å². The third-order valence-corrected chi connectivity index (χ3v) is 14.7. The number of aliphatic hydroxyl groups is 8. The first-order valence-corrected chi connectivity index (χ1v) is 17.6. The van der Waals surface area contributed by atoms with Gasteiger partial charge in [0.05, 0.1) is 36.6 Å². The second-order valence-corrected chi connectivity index (χ2v) is 17.6. The Hall–Kier alpha value is -0.660. The van der Waals surface area contributed by atoms with E-state index in [0.29, 0.717) is 37.7 Å². The van der Waals surface area contributed by atoms with Crippen molar-refractivity contribution in [2.75, 3.05) is 6.61 Å². The molecule has 46 heavy (non-hydrogen) atoms. The molecular formula is C36H62O10. The number of fused-ring (bicyclic) bond motifs is 5. The molecule has 4 aliphatic carbocycles. The maximum atomic E-state index is 12.1. The molecule has 1 heterocycles. The summed E-state index contributed by atoms with van der Waals surface area (Å²) < 4.78 is 12.6. The van der Waals surface area contributed by atoms with Gasteiger partial charge in [-0.15, -0.1) is 0 Å². The quantitative estimate of drug-likeness (QED) is 0.143. The Morgan fingerprint density at radius 1 is 0.978 bits per heavy atom. The summed E-state index contributed by atoms with van der Waals surface area (Å²) in [5.41, 5.74) is -2.15. The molecule has 10 heteroatoms. The van der Waals surface area contributed by atoms with Crippen molar-refractivity contribution in [3.8, 4) is 0 Å². The van der Waals surface area contributed by atoms with Crippen LogP contribution in [-0.4, -0.2) is 108 Å². The first-order chi connectivity index (χ1) is 21.2. The molecule has 5 rings (SSSR count). The molecule has 0 aromatic heterocycles. The summed E-state index contributed by atoms with van der Waals surface area (Å²) in [6.07, 6.45) is -4.67. The minimum absolute atomic E-state index is 0.0802. The molecule has 0 amide bonds. The second kappa shape index (κ2) is 12.3. The number of ether oxygens (including phenoxy) is 2. The van der Waals surface area contributed by atoms with Crippen molar-refractivity contribution in [2.45, 2.75) is 161 Å². The summed E-state index contributed by atoms with van der Waals surface area (Å²) >= 11 is 0. The van der Waals surface area contributed by atoms with Crippen molar-refractivity contribution in [2.24, 2.45) is 45.3 Å². The van der Waals surface area contributed by atoms with Crippen LogP contribution in [0.1, 0.15) is 99.8 Å². The molecule has 8 N–H and O–H groups in total. The highest BCUT2D eigenvalue weighted by molar-refractivity contribution is 5.22. The normalized spacial score (nSPS) is 52.2. The van der Waals surface area contributed by atoms with Crippen LogP contribution >= 0.6 is 0 Å². The molecular weight excluding hydrogens is 592 g/mol. The molecule has 17 atom stereocenters. The molecule has 5 fully saturated rings. The number of hydrogen-bond acceptors (Lipinski definition) is 10. The lowest BCUT2D eigenvalue weighted by Crippen LogP contribution is -2.71. The van der Waals surface area contributed by atoms with Gasteiger partial charge in [0, 0.05) is 0 Å². The van der Waals surface area contributed by atoms with Crippen LogP contribution in [0.25, 0.3) is 0 Å². The van der Waals surface area contributed by atoms with E-state index >= 15 is 0 Å². The number of aliphatic hydroxyl groups excluding tert-OH is 7. The maximum absolute atomic E-state index is 12.1. The summed E-state index contributed by atoms with van der Waals surface area (Å²) in [4.78, 5) is 0. The zero-order chi connectivity index (χ0) is 34.4. The van der Waals surface area contributed by atoms with Gasteiger partial charge in [-0.25, -0.2) is 0 Å². The van der Waals surface area contributed by atoms with Crippen LogP contribution in [0.4, 0.5) is 0 Å². The Kier molecular flexibility index (Phi) is 9.78. The number of hydrogen-bond donors (Lipinski definition) is 8. The first kappa shape index (κ1) is 36.6. The molecule has 4 saturated carbocycles. The monoisotopic (exact) mass is 654 g/mol.